The van der Waals surface area contributed by atoms with E-state index in [4.69, 9.17) is 9.94 Å². The van der Waals surface area contributed by atoms with Gasteiger partial charge in [-0.2, -0.15) is 0 Å². The van der Waals surface area contributed by atoms with E-state index in [1.165, 1.54) is 5.56 Å². The van der Waals surface area contributed by atoms with E-state index in [9.17, 15) is 0 Å². The van der Waals surface area contributed by atoms with E-state index in [-0.39, 0.29) is 0 Å². The Morgan fingerprint density at radius 1 is 1.25 bits per heavy atom. The van der Waals surface area contributed by atoms with Crippen LogP contribution in [0.5, 0.6) is 5.75 Å². The molecule has 1 aromatic heterocycles. The van der Waals surface area contributed by atoms with Crippen molar-refractivity contribution in [2.75, 3.05) is 0 Å². The first-order valence-electron chi connectivity index (χ1n) is 6.34. The summed E-state index contributed by atoms with van der Waals surface area (Å²) >= 11 is 3.35. The molecule has 0 radical (unpaired) electrons. The number of nitrogens with zero attached hydrogens (tertiary/aromatic N) is 2. The highest BCUT2D eigenvalue weighted by Crippen LogP contribution is 2.27. The Morgan fingerprint density at radius 3 is 2.90 bits per heavy atom. The summed E-state index contributed by atoms with van der Waals surface area (Å²) in [4.78, 5) is 4.27. The van der Waals surface area contributed by atoms with Gasteiger partial charge in [0.15, 0.2) is 0 Å². The van der Waals surface area contributed by atoms with Gasteiger partial charge in [0.1, 0.15) is 12.4 Å². The zero-order valence-electron chi connectivity index (χ0n) is 10.7. The number of ether oxygens (including phenoxy) is 1. The first-order chi connectivity index (χ1) is 9.76. The Kier molecular flexibility index (Phi) is 3.69. The van der Waals surface area contributed by atoms with E-state index in [1.54, 1.807) is 6.20 Å². The number of rotatable bonds is 3. The fourth-order valence-corrected chi connectivity index (χ4v) is 2.52. The molecular formula is C15H13BrN2O2. The van der Waals surface area contributed by atoms with Gasteiger partial charge in [-0.05, 0) is 64.7 Å². The van der Waals surface area contributed by atoms with E-state index in [0.717, 1.165) is 40.0 Å². The van der Waals surface area contributed by atoms with Crippen molar-refractivity contribution < 1.29 is 9.94 Å². The molecule has 1 heterocycles. The van der Waals surface area contributed by atoms with Gasteiger partial charge in [0.25, 0.3) is 0 Å². The third kappa shape index (κ3) is 2.67. The molecule has 2 aromatic rings. The summed E-state index contributed by atoms with van der Waals surface area (Å²) in [5.74, 6) is 0.813. The third-order valence-electron chi connectivity index (χ3n) is 3.31. The quantitative estimate of drug-likeness (QED) is 0.690. The van der Waals surface area contributed by atoms with Crippen molar-refractivity contribution in [1.29, 1.82) is 0 Å². The first kappa shape index (κ1) is 13.1. The van der Waals surface area contributed by atoms with Crippen molar-refractivity contribution in [3.8, 4) is 5.75 Å². The van der Waals surface area contributed by atoms with Crippen molar-refractivity contribution >= 4 is 21.6 Å². The van der Waals surface area contributed by atoms with Gasteiger partial charge in [0.05, 0.1) is 11.4 Å². The number of oxime groups is 1. The Hall–Kier alpha value is -1.88. The summed E-state index contributed by atoms with van der Waals surface area (Å²) in [6.45, 7) is 0.438. The van der Waals surface area contributed by atoms with E-state index in [1.807, 2.05) is 30.3 Å². The molecule has 0 unspecified atom stereocenters. The van der Waals surface area contributed by atoms with Crippen LogP contribution < -0.4 is 4.74 Å². The van der Waals surface area contributed by atoms with Gasteiger partial charge in [0.2, 0.25) is 0 Å². The maximum Gasteiger partial charge on any atom is 0.130 e. The lowest BCUT2D eigenvalue weighted by Crippen LogP contribution is -1.99. The fourth-order valence-electron chi connectivity index (χ4n) is 2.29. The molecule has 102 valence electrons. The van der Waals surface area contributed by atoms with Crippen LogP contribution in [0.2, 0.25) is 0 Å². The predicted octanol–water partition coefficient (Wildman–Crippen LogP) is 3.55. The number of aryl methyl sites for hydroxylation is 1. The predicted molar refractivity (Wildman–Crippen MR) is 79.4 cm³/mol. The van der Waals surface area contributed by atoms with Crippen LogP contribution in [0, 0.1) is 0 Å². The number of fused-ring (bicyclic) bond motifs is 1. The summed E-state index contributed by atoms with van der Waals surface area (Å²) in [7, 11) is 0. The summed E-state index contributed by atoms with van der Waals surface area (Å²) in [5.41, 5.74) is 3.81. The molecule has 1 N–H and O–H groups in total. The van der Waals surface area contributed by atoms with Gasteiger partial charge < -0.3 is 9.94 Å². The normalized spacial score (nSPS) is 15.3. The molecule has 0 aliphatic heterocycles. The molecule has 3 rings (SSSR count). The molecule has 20 heavy (non-hydrogen) atoms. The van der Waals surface area contributed by atoms with Crippen molar-refractivity contribution in [1.82, 2.24) is 4.98 Å². The third-order valence-corrected chi connectivity index (χ3v) is 3.78. The van der Waals surface area contributed by atoms with Crippen LogP contribution in [0.4, 0.5) is 0 Å². The summed E-state index contributed by atoms with van der Waals surface area (Å²) in [5, 5.41) is 12.2. The maximum absolute atomic E-state index is 8.90. The Morgan fingerprint density at radius 2 is 2.15 bits per heavy atom. The summed E-state index contributed by atoms with van der Waals surface area (Å²) in [6, 6.07) is 9.72. The number of hydrogen-bond donors (Lipinski definition) is 1. The topological polar surface area (TPSA) is 54.7 Å². The number of pyridine rings is 1. The van der Waals surface area contributed by atoms with E-state index < -0.39 is 0 Å². The van der Waals surface area contributed by atoms with Crippen LogP contribution >= 0.6 is 15.9 Å². The number of hydrogen-bond acceptors (Lipinski definition) is 4. The van der Waals surface area contributed by atoms with Gasteiger partial charge in [-0.15, -0.1) is 0 Å². The molecule has 0 saturated heterocycles. The van der Waals surface area contributed by atoms with Crippen LogP contribution in [-0.2, 0) is 13.0 Å². The highest BCUT2D eigenvalue weighted by atomic mass is 79.9. The van der Waals surface area contributed by atoms with Gasteiger partial charge >= 0.3 is 0 Å². The van der Waals surface area contributed by atoms with Crippen LogP contribution in [0.15, 0.2) is 46.2 Å². The fraction of sp³-hybridized carbons (Fsp3) is 0.200. The Bertz CT molecular complexity index is 653. The average Bonchev–Trinajstić information content (AvgIpc) is 2.89. The number of halogens is 1. The molecule has 5 heteroatoms. The largest absolute Gasteiger partial charge is 0.487 e. The first-order valence-corrected chi connectivity index (χ1v) is 7.13. The van der Waals surface area contributed by atoms with Crippen LogP contribution in [0.1, 0.15) is 23.2 Å². The molecular weight excluding hydrogens is 320 g/mol. The number of aromatic nitrogens is 1. The average molecular weight is 333 g/mol. The summed E-state index contributed by atoms with van der Waals surface area (Å²) in [6.07, 6.45) is 3.43. The molecule has 0 bridgehead atoms. The molecule has 1 aliphatic rings. The second kappa shape index (κ2) is 5.63. The minimum Gasteiger partial charge on any atom is -0.487 e. The molecule has 0 fully saturated rings. The molecule has 0 atom stereocenters. The Labute approximate surface area is 125 Å². The molecule has 1 aliphatic carbocycles. The van der Waals surface area contributed by atoms with Crippen molar-refractivity contribution in [2.45, 2.75) is 19.4 Å². The lowest BCUT2D eigenvalue weighted by Gasteiger charge is -2.07. The van der Waals surface area contributed by atoms with Crippen molar-refractivity contribution in [3.05, 3.63) is 57.8 Å². The van der Waals surface area contributed by atoms with Gasteiger partial charge in [-0.1, -0.05) is 5.16 Å². The van der Waals surface area contributed by atoms with Gasteiger partial charge in [-0.3, -0.25) is 4.98 Å². The maximum atomic E-state index is 8.90. The number of benzene rings is 1. The standard InChI is InChI=1S/C15H13BrN2O2/c16-11-2-3-12(17-8-11)9-20-13-4-5-14-10(7-13)1-6-15(14)18-19/h2-5,7-8,19H,1,6,9H2/b18-15-. The molecule has 1 aromatic carbocycles. The SMILES string of the molecule is O/N=C1/CCc2cc(OCc3ccc(Br)cn3)ccc21. The van der Waals surface area contributed by atoms with Gasteiger partial charge in [0, 0.05) is 16.2 Å². The van der Waals surface area contributed by atoms with E-state index in [0.29, 0.717) is 6.61 Å². The van der Waals surface area contributed by atoms with E-state index >= 15 is 0 Å². The molecule has 0 spiro atoms. The zero-order chi connectivity index (χ0) is 13.9. The minimum atomic E-state index is 0.438. The Balaban J connectivity index is 1.71. The highest BCUT2D eigenvalue weighted by molar-refractivity contribution is 9.10. The van der Waals surface area contributed by atoms with Crippen molar-refractivity contribution in [2.24, 2.45) is 5.16 Å². The lowest BCUT2D eigenvalue weighted by molar-refractivity contribution is 0.301. The lowest BCUT2D eigenvalue weighted by atomic mass is 10.1. The van der Waals surface area contributed by atoms with Crippen molar-refractivity contribution in [3.63, 3.8) is 0 Å². The van der Waals surface area contributed by atoms with E-state index in [2.05, 4.69) is 26.1 Å². The summed E-state index contributed by atoms with van der Waals surface area (Å²) < 4.78 is 6.70. The van der Waals surface area contributed by atoms with Gasteiger partial charge in [-0.25, -0.2) is 0 Å². The monoisotopic (exact) mass is 332 g/mol. The van der Waals surface area contributed by atoms with Crippen LogP contribution in [0.3, 0.4) is 0 Å². The minimum absolute atomic E-state index is 0.438. The second-order valence-electron chi connectivity index (χ2n) is 4.62. The smallest absolute Gasteiger partial charge is 0.130 e. The van der Waals surface area contributed by atoms with Crippen LogP contribution in [0.25, 0.3) is 0 Å². The highest BCUT2D eigenvalue weighted by Gasteiger charge is 2.18. The molecule has 0 amide bonds. The molecule has 0 saturated carbocycles. The zero-order valence-corrected chi connectivity index (χ0v) is 12.3. The second-order valence-corrected chi connectivity index (χ2v) is 5.54. The molecule has 4 nitrogen and oxygen atoms in total. The van der Waals surface area contributed by atoms with Crippen LogP contribution in [-0.4, -0.2) is 15.9 Å².